The van der Waals surface area contributed by atoms with E-state index in [9.17, 15) is 9.59 Å². The number of carbonyl (C=O) groups is 2. The van der Waals surface area contributed by atoms with Gasteiger partial charge in [-0.15, -0.1) is 11.3 Å². The summed E-state index contributed by atoms with van der Waals surface area (Å²) in [6.07, 6.45) is 0.616. The molecule has 0 saturated carbocycles. The van der Waals surface area contributed by atoms with E-state index in [0.717, 1.165) is 16.1 Å². The van der Waals surface area contributed by atoms with Crippen molar-refractivity contribution in [2.75, 3.05) is 11.9 Å². The molecule has 116 valence electrons. The van der Waals surface area contributed by atoms with Crippen LogP contribution in [0.1, 0.15) is 20.1 Å². The predicted molar refractivity (Wildman–Crippen MR) is 85.5 cm³/mol. The summed E-state index contributed by atoms with van der Waals surface area (Å²) in [6, 6.07) is 10.7. The molecule has 3 amide bonds. The molecule has 0 saturated heterocycles. The lowest BCUT2D eigenvalue weighted by Crippen LogP contribution is -2.30. The Bertz CT molecular complexity index is 670. The van der Waals surface area contributed by atoms with Crippen LogP contribution in [0, 0.1) is 6.92 Å². The molecule has 0 unspecified atom stereocenters. The molecule has 6 nitrogen and oxygen atoms in total. The molecular formula is C15H17N3O3S. The second kappa shape index (κ2) is 7.58. The Morgan fingerprint density at radius 1 is 1.23 bits per heavy atom. The highest BCUT2D eigenvalue weighted by Gasteiger charge is 2.08. The number of nitrogens with one attached hydrogen (secondary N) is 3. The molecule has 22 heavy (non-hydrogen) atoms. The first-order valence-corrected chi connectivity index (χ1v) is 7.55. The van der Waals surface area contributed by atoms with E-state index in [1.165, 1.54) is 11.3 Å². The Kier molecular flexibility index (Phi) is 5.51. The van der Waals surface area contributed by atoms with Crippen LogP contribution in [0.25, 0.3) is 0 Å². The van der Waals surface area contributed by atoms with E-state index >= 15 is 0 Å². The van der Waals surface area contributed by atoms with Gasteiger partial charge in [-0.2, -0.15) is 0 Å². The summed E-state index contributed by atoms with van der Waals surface area (Å²) in [6.45, 7) is 2.42. The van der Waals surface area contributed by atoms with Gasteiger partial charge in [-0.05, 0) is 43.2 Å². The lowest BCUT2D eigenvalue weighted by Gasteiger charge is -2.07. The van der Waals surface area contributed by atoms with E-state index in [0.29, 0.717) is 17.8 Å². The number of amides is 3. The van der Waals surface area contributed by atoms with Crippen LogP contribution < -0.4 is 16.1 Å². The van der Waals surface area contributed by atoms with Gasteiger partial charge in [0.05, 0.1) is 4.88 Å². The summed E-state index contributed by atoms with van der Waals surface area (Å²) >= 11 is 1.28. The molecule has 0 aliphatic carbocycles. The van der Waals surface area contributed by atoms with E-state index in [1.54, 1.807) is 17.6 Å². The van der Waals surface area contributed by atoms with Gasteiger partial charge in [0.15, 0.2) is 0 Å². The van der Waals surface area contributed by atoms with Crippen molar-refractivity contribution in [3.05, 3.63) is 51.7 Å². The maximum Gasteiger partial charge on any atom is 0.319 e. The maximum atomic E-state index is 11.8. The Hall–Kier alpha value is -2.38. The molecule has 0 spiro atoms. The van der Waals surface area contributed by atoms with Gasteiger partial charge in [0.1, 0.15) is 0 Å². The van der Waals surface area contributed by atoms with E-state index in [4.69, 9.17) is 5.21 Å². The van der Waals surface area contributed by atoms with E-state index in [2.05, 4.69) is 10.6 Å². The van der Waals surface area contributed by atoms with Crippen LogP contribution in [-0.4, -0.2) is 23.7 Å². The Morgan fingerprint density at radius 2 is 2.05 bits per heavy atom. The smallest absolute Gasteiger partial charge is 0.319 e. The second-order valence-electron chi connectivity index (χ2n) is 4.71. The minimum atomic E-state index is -0.526. The van der Waals surface area contributed by atoms with Gasteiger partial charge in [-0.3, -0.25) is 10.0 Å². The van der Waals surface area contributed by atoms with Gasteiger partial charge >= 0.3 is 6.03 Å². The quantitative estimate of drug-likeness (QED) is 0.504. The SMILES string of the molecule is Cc1cccc(NC(=O)NCCc2ccc(C(=O)NO)s2)c1. The zero-order chi connectivity index (χ0) is 15.9. The molecule has 0 bridgehead atoms. The van der Waals surface area contributed by atoms with Crippen LogP contribution in [0.3, 0.4) is 0 Å². The average Bonchev–Trinajstić information content (AvgIpc) is 2.95. The number of thiophene rings is 1. The molecule has 0 radical (unpaired) electrons. The molecule has 0 fully saturated rings. The van der Waals surface area contributed by atoms with Crippen LogP contribution >= 0.6 is 11.3 Å². The summed E-state index contributed by atoms with van der Waals surface area (Å²) in [5.74, 6) is -0.526. The van der Waals surface area contributed by atoms with Crippen LogP contribution in [-0.2, 0) is 6.42 Å². The van der Waals surface area contributed by atoms with Crippen molar-refractivity contribution in [3.8, 4) is 0 Å². The molecular weight excluding hydrogens is 302 g/mol. The maximum absolute atomic E-state index is 11.8. The van der Waals surface area contributed by atoms with Gasteiger partial charge in [0.25, 0.3) is 5.91 Å². The Balaban J connectivity index is 1.77. The number of hydrogen-bond donors (Lipinski definition) is 4. The largest absolute Gasteiger partial charge is 0.338 e. The van der Waals surface area contributed by atoms with Gasteiger partial charge in [-0.1, -0.05) is 12.1 Å². The van der Waals surface area contributed by atoms with Gasteiger partial charge in [0.2, 0.25) is 0 Å². The number of carbonyl (C=O) groups excluding carboxylic acids is 2. The lowest BCUT2D eigenvalue weighted by molar-refractivity contribution is 0.0711. The van der Waals surface area contributed by atoms with Crippen molar-refractivity contribution in [2.45, 2.75) is 13.3 Å². The molecule has 0 atom stereocenters. The molecule has 2 rings (SSSR count). The summed E-state index contributed by atoms with van der Waals surface area (Å²) < 4.78 is 0. The highest BCUT2D eigenvalue weighted by Crippen LogP contribution is 2.16. The van der Waals surface area contributed by atoms with Crippen molar-refractivity contribution in [3.63, 3.8) is 0 Å². The Labute approximate surface area is 132 Å². The number of hydroxylamine groups is 1. The normalized spacial score (nSPS) is 10.1. The van der Waals surface area contributed by atoms with Gasteiger partial charge in [-0.25, -0.2) is 10.3 Å². The van der Waals surface area contributed by atoms with Crippen molar-refractivity contribution in [2.24, 2.45) is 0 Å². The number of anilines is 1. The number of benzene rings is 1. The first-order chi connectivity index (χ1) is 10.6. The molecule has 4 N–H and O–H groups in total. The van der Waals surface area contributed by atoms with Crippen LogP contribution in [0.5, 0.6) is 0 Å². The fourth-order valence-electron chi connectivity index (χ4n) is 1.89. The van der Waals surface area contributed by atoms with Gasteiger partial charge < -0.3 is 10.6 Å². The van der Waals surface area contributed by atoms with Crippen molar-refractivity contribution >= 4 is 29.0 Å². The zero-order valence-corrected chi connectivity index (χ0v) is 12.9. The van der Waals surface area contributed by atoms with Gasteiger partial charge in [0, 0.05) is 17.1 Å². The van der Waals surface area contributed by atoms with Crippen molar-refractivity contribution in [1.82, 2.24) is 10.8 Å². The minimum Gasteiger partial charge on any atom is -0.338 e. The third-order valence-corrected chi connectivity index (χ3v) is 4.06. The molecule has 1 aromatic heterocycles. The predicted octanol–water partition coefficient (Wildman–Crippen LogP) is 2.54. The third-order valence-electron chi connectivity index (χ3n) is 2.92. The third kappa shape index (κ3) is 4.57. The number of hydrogen-bond acceptors (Lipinski definition) is 4. The van der Waals surface area contributed by atoms with Crippen LogP contribution in [0.15, 0.2) is 36.4 Å². The summed E-state index contributed by atoms with van der Waals surface area (Å²) in [5, 5.41) is 14.1. The monoisotopic (exact) mass is 319 g/mol. The van der Waals surface area contributed by atoms with Crippen molar-refractivity contribution in [1.29, 1.82) is 0 Å². The van der Waals surface area contributed by atoms with E-state index in [-0.39, 0.29) is 6.03 Å². The summed E-state index contributed by atoms with van der Waals surface area (Å²) in [4.78, 5) is 24.4. The number of urea groups is 1. The average molecular weight is 319 g/mol. The van der Waals surface area contributed by atoms with Crippen LogP contribution in [0.4, 0.5) is 10.5 Å². The minimum absolute atomic E-state index is 0.268. The fraction of sp³-hybridized carbons (Fsp3) is 0.200. The molecule has 1 heterocycles. The Morgan fingerprint density at radius 3 is 2.77 bits per heavy atom. The fourth-order valence-corrected chi connectivity index (χ4v) is 2.78. The van der Waals surface area contributed by atoms with Crippen LogP contribution in [0.2, 0.25) is 0 Å². The number of aryl methyl sites for hydroxylation is 1. The molecule has 2 aromatic rings. The first kappa shape index (κ1) is 16.0. The highest BCUT2D eigenvalue weighted by molar-refractivity contribution is 7.14. The lowest BCUT2D eigenvalue weighted by atomic mass is 10.2. The molecule has 0 aliphatic rings. The first-order valence-electron chi connectivity index (χ1n) is 6.73. The van der Waals surface area contributed by atoms with E-state index in [1.807, 2.05) is 31.2 Å². The molecule has 1 aromatic carbocycles. The summed E-state index contributed by atoms with van der Waals surface area (Å²) in [5.41, 5.74) is 3.41. The topological polar surface area (TPSA) is 90.5 Å². The standard InChI is InChI=1S/C15H17N3O3S/c1-10-3-2-4-11(9-10)17-15(20)16-8-7-12-5-6-13(22-12)14(19)18-21/h2-6,9,21H,7-8H2,1H3,(H,18,19)(H2,16,17,20). The van der Waals surface area contributed by atoms with Crippen molar-refractivity contribution < 1.29 is 14.8 Å². The number of rotatable bonds is 5. The second-order valence-corrected chi connectivity index (χ2v) is 5.88. The van der Waals surface area contributed by atoms with E-state index < -0.39 is 5.91 Å². The highest BCUT2D eigenvalue weighted by atomic mass is 32.1. The molecule has 7 heteroatoms. The summed E-state index contributed by atoms with van der Waals surface area (Å²) in [7, 11) is 0. The molecule has 0 aliphatic heterocycles. The zero-order valence-electron chi connectivity index (χ0n) is 12.1.